The third-order valence-corrected chi connectivity index (χ3v) is 8.12. The third kappa shape index (κ3) is 7.25. The average Bonchev–Trinajstić information content (AvgIpc) is 3.70. The minimum atomic E-state index is -3.36. The molecule has 4 aliphatic rings. The van der Waals surface area contributed by atoms with Crippen LogP contribution in [0.1, 0.15) is 43.2 Å². The number of nitrogens with zero attached hydrogens (tertiary/aromatic N) is 1. The van der Waals surface area contributed by atoms with Gasteiger partial charge >= 0.3 is 6.09 Å². The Morgan fingerprint density at radius 3 is 2.40 bits per heavy atom. The molecule has 2 aliphatic carbocycles. The van der Waals surface area contributed by atoms with Gasteiger partial charge in [0.2, 0.25) is 21.8 Å². The van der Waals surface area contributed by atoms with Gasteiger partial charge in [-0.1, -0.05) is 18.2 Å². The Labute approximate surface area is 203 Å². The lowest BCUT2D eigenvalue weighted by Crippen LogP contribution is -2.36. The number of carbonyl (C=O) groups excluding carboxylic acids is 2. The van der Waals surface area contributed by atoms with E-state index in [-0.39, 0.29) is 47.3 Å². The molecule has 35 heavy (non-hydrogen) atoms. The molecule has 10 nitrogen and oxygen atoms in total. The number of halogens is 1. The highest BCUT2D eigenvalue weighted by molar-refractivity contribution is 7.90. The first-order valence-corrected chi connectivity index (χ1v) is 13.0. The van der Waals surface area contributed by atoms with Gasteiger partial charge in [0.15, 0.2) is 0 Å². The second kappa shape index (κ2) is 11.2. The molecule has 0 spiro atoms. The van der Waals surface area contributed by atoms with Crippen LogP contribution in [-0.2, 0) is 32.7 Å². The molecular weight excluding hydrogens is 479 g/mol. The highest BCUT2D eigenvalue weighted by atomic mass is 32.2. The van der Waals surface area contributed by atoms with E-state index >= 15 is 0 Å². The van der Waals surface area contributed by atoms with Crippen LogP contribution in [0, 0.1) is 17.7 Å². The highest BCUT2D eigenvalue weighted by Crippen LogP contribution is 2.40. The molecule has 3 amide bonds. The Bertz CT molecular complexity index is 1090. The van der Waals surface area contributed by atoms with Crippen LogP contribution in [0.2, 0.25) is 0 Å². The molecular formula is C23H31FN4O6S. The molecule has 0 radical (unpaired) electrons. The van der Waals surface area contributed by atoms with Crippen LogP contribution in [-0.4, -0.2) is 54.2 Å². The second-order valence-corrected chi connectivity index (χ2v) is 11.0. The predicted molar refractivity (Wildman–Crippen MR) is 126 cm³/mol. The maximum atomic E-state index is 13.1. The average molecular weight is 511 g/mol. The normalized spacial score (nSPS) is 24.1. The van der Waals surface area contributed by atoms with Crippen LogP contribution in [0.25, 0.3) is 0 Å². The number of allylic oxidation sites excluding steroid dienone is 1. The summed E-state index contributed by atoms with van der Waals surface area (Å²) in [4.78, 5) is 33.5. The molecule has 5 N–H and O–H groups in total. The summed E-state index contributed by atoms with van der Waals surface area (Å²) in [7, 11) is -3.36. The summed E-state index contributed by atoms with van der Waals surface area (Å²) in [5.41, 5.74) is 6.27. The number of hydrogen-bond donors (Lipinski definition) is 4. The number of hydrogen-bond acceptors (Lipinski definition) is 6. The quantitative estimate of drug-likeness (QED) is 0.436. The van der Waals surface area contributed by atoms with Crippen molar-refractivity contribution in [2.45, 2.75) is 56.5 Å². The minimum Gasteiger partial charge on any atom is -0.465 e. The van der Waals surface area contributed by atoms with Crippen molar-refractivity contribution >= 4 is 27.9 Å². The summed E-state index contributed by atoms with van der Waals surface area (Å²) in [6.45, 7) is 4.97. The van der Waals surface area contributed by atoms with Crippen molar-refractivity contribution in [3.8, 4) is 0 Å². The SMILES string of the molecule is C=CC1CC1C(=O)NS(=O)(=O)C1CC1.NC(=O)C1CCCN1.O=C(O)N1Cc2cccc(F)c2C1. The molecule has 3 atom stereocenters. The summed E-state index contributed by atoms with van der Waals surface area (Å²) in [5.74, 6) is -0.893. The summed E-state index contributed by atoms with van der Waals surface area (Å²) >= 11 is 0. The first-order valence-electron chi connectivity index (χ1n) is 11.5. The number of carbonyl (C=O) groups is 3. The number of fused-ring (bicyclic) bond motifs is 1. The van der Waals surface area contributed by atoms with Gasteiger partial charge in [-0.05, 0) is 56.2 Å². The maximum absolute atomic E-state index is 13.1. The van der Waals surface area contributed by atoms with Gasteiger partial charge in [-0.2, -0.15) is 0 Å². The van der Waals surface area contributed by atoms with Crippen LogP contribution < -0.4 is 15.8 Å². The van der Waals surface area contributed by atoms with Crippen LogP contribution >= 0.6 is 0 Å². The van der Waals surface area contributed by atoms with Crippen LogP contribution in [0.15, 0.2) is 30.9 Å². The number of rotatable bonds is 5. The van der Waals surface area contributed by atoms with Crippen molar-refractivity contribution < 1.29 is 32.3 Å². The smallest absolute Gasteiger partial charge is 0.407 e. The number of amides is 3. The molecule has 2 aliphatic heterocycles. The molecule has 1 aromatic carbocycles. The molecule has 3 fully saturated rings. The number of sulfonamides is 1. The van der Waals surface area contributed by atoms with Crippen molar-refractivity contribution in [2.24, 2.45) is 17.6 Å². The number of nitrogens with two attached hydrogens (primary N) is 1. The van der Waals surface area contributed by atoms with Gasteiger partial charge < -0.3 is 16.2 Å². The van der Waals surface area contributed by atoms with E-state index in [0.717, 1.165) is 31.4 Å². The lowest BCUT2D eigenvalue weighted by atomic mass is 10.1. The van der Waals surface area contributed by atoms with Gasteiger partial charge in [0.05, 0.1) is 17.8 Å². The van der Waals surface area contributed by atoms with Crippen molar-refractivity contribution in [3.63, 3.8) is 0 Å². The number of carboxylic acid groups (broad SMARTS) is 1. The van der Waals surface area contributed by atoms with E-state index in [0.29, 0.717) is 24.9 Å². The fourth-order valence-electron chi connectivity index (χ4n) is 3.90. The van der Waals surface area contributed by atoms with Gasteiger partial charge in [-0.25, -0.2) is 17.6 Å². The number of nitrogens with one attached hydrogen (secondary N) is 2. The van der Waals surface area contributed by atoms with Crippen molar-refractivity contribution in [1.82, 2.24) is 14.9 Å². The minimum absolute atomic E-state index is 0.0463. The molecule has 12 heteroatoms. The van der Waals surface area contributed by atoms with E-state index in [1.54, 1.807) is 18.2 Å². The topological polar surface area (TPSA) is 159 Å². The zero-order chi connectivity index (χ0) is 25.8. The molecule has 5 rings (SSSR count). The summed E-state index contributed by atoms with van der Waals surface area (Å²) in [6, 6.07) is 4.65. The largest absolute Gasteiger partial charge is 0.465 e. The Kier molecular flexibility index (Phi) is 8.49. The summed E-state index contributed by atoms with van der Waals surface area (Å²) in [6.07, 6.45) is 4.78. The molecule has 1 saturated heterocycles. The van der Waals surface area contributed by atoms with E-state index < -0.39 is 16.1 Å². The molecule has 192 valence electrons. The van der Waals surface area contributed by atoms with Crippen molar-refractivity contribution in [1.29, 1.82) is 0 Å². The van der Waals surface area contributed by atoms with Crippen molar-refractivity contribution in [3.05, 3.63) is 47.8 Å². The van der Waals surface area contributed by atoms with Crippen LogP contribution in [0.5, 0.6) is 0 Å². The van der Waals surface area contributed by atoms with Gasteiger partial charge in [0.25, 0.3) is 0 Å². The fraction of sp³-hybridized carbons (Fsp3) is 0.522. The Balaban J connectivity index is 0.000000152. The lowest BCUT2D eigenvalue weighted by molar-refractivity contribution is -0.121. The lowest BCUT2D eigenvalue weighted by Gasteiger charge is -2.08. The predicted octanol–water partition coefficient (Wildman–Crippen LogP) is 1.46. The number of benzene rings is 1. The van der Waals surface area contributed by atoms with E-state index in [1.807, 2.05) is 0 Å². The van der Waals surface area contributed by atoms with Gasteiger partial charge in [-0.15, -0.1) is 6.58 Å². The zero-order valence-electron chi connectivity index (χ0n) is 19.3. The molecule has 0 bridgehead atoms. The van der Waals surface area contributed by atoms with Crippen LogP contribution in [0.3, 0.4) is 0 Å². The fourth-order valence-corrected chi connectivity index (χ4v) is 5.25. The molecule has 1 aromatic rings. The van der Waals surface area contributed by atoms with Gasteiger partial charge in [-0.3, -0.25) is 19.2 Å². The monoisotopic (exact) mass is 510 g/mol. The van der Waals surface area contributed by atoms with Crippen LogP contribution in [0.4, 0.5) is 9.18 Å². The van der Waals surface area contributed by atoms with E-state index in [1.165, 1.54) is 11.0 Å². The Morgan fingerprint density at radius 1 is 1.23 bits per heavy atom. The molecule has 2 saturated carbocycles. The summed E-state index contributed by atoms with van der Waals surface area (Å²) in [5, 5.41) is 11.3. The Morgan fingerprint density at radius 2 is 1.94 bits per heavy atom. The Hall–Kier alpha value is -2.99. The van der Waals surface area contributed by atoms with E-state index in [4.69, 9.17) is 10.8 Å². The third-order valence-electron chi connectivity index (χ3n) is 6.29. The maximum Gasteiger partial charge on any atom is 0.407 e. The van der Waals surface area contributed by atoms with E-state index in [2.05, 4.69) is 16.6 Å². The van der Waals surface area contributed by atoms with Crippen molar-refractivity contribution in [2.75, 3.05) is 6.54 Å². The molecule has 0 aromatic heterocycles. The molecule has 2 heterocycles. The first kappa shape index (κ1) is 26.6. The van der Waals surface area contributed by atoms with Gasteiger partial charge in [0.1, 0.15) is 5.82 Å². The standard InChI is InChI=1S/C9H8FNO2.C9H13NO3S.C5H10N2O/c10-8-3-1-2-6-4-11(9(12)13)5-7(6)8;1-2-6-5-8(6)9(11)10-14(12,13)7-3-4-7;6-5(8)4-2-1-3-7-4/h1-3H,4-5H2,(H,12,13);2,6-8H,1,3-5H2,(H,10,11);4,7H,1-3H2,(H2,6,8). The highest BCUT2D eigenvalue weighted by Gasteiger charge is 2.44. The summed E-state index contributed by atoms with van der Waals surface area (Å²) < 4.78 is 38.0. The number of primary amides is 1. The van der Waals surface area contributed by atoms with Gasteiger partial charge in [0, 0.05) is 18.0 Å². The van der Waals surface area contributed by atoms with E-state index in [9.17, 15) is 27.2 Å². The zero-order valence-corrected chi connectivity index (χ0v) is 20.1. The second-order valence-electron chi connectivity index (χ2n) is 9.02. The molecule has 3 unspecified atom stereocenters. The first-order chi connectivity index (χ1) is 16.5.